The van der Waals surface area contributed by atoms with E-state index in [0.29, 0.717) is 5.75 Å². The number of hydrogen-bond acceptors (Lipinski definition) is 5. The van der Waals surface area contributed by atoms with E-state index in [1.54, 1.807) is 7.11 Å². The highest BCUT2D eigenvalue weighted by Crippen LogP contribution is 2.38. The van der Waals surface area contributed by atoms with E-state index in [9.17, 15) is 9.90 Å². The van der Waals surface area contributed by atoms with Gasteiger partial charge in [-0.2, -0.15) is 0 Å². The molecule has 1 unspecified atom stereocenters. The normalized spacial score (nSPS) is 11.9. The molecule has 0 spiro atoms. The summed E-state index contributed by atoms with van der Waals surface area (Å²) in [5.41, 5.74) is 0. The number of benzene rings is 3. The summed E-state index contributed by atoms with van der Waals surface area (Å²) in [4.78, 5) is 11.1. The SMILES string of the molecule is C=CC(=O)OCC(O)COc1c2ccccc2cc2c(OC)cccc12. The smallest absolute Gasteiger partial charge is 0.330 e. The first kappa shape index (κ1) is 17.8. The first-order chi connectivity index (χ1) is 12.6. The van der Waals surface area contributed by atoms with Crippen molar-refractivity contribution in [3.63, 3.8) is 0 Å². The van der Waals surface area contributed by atoms with Crippen LogP contribution in [0.15, 0.2) is 61.2 Å². The number of hydrogen-bond donors (Lipinski definition) is 1. The molecule has 0 bridgehead atoms. The number of carbonyl (C=O) groups is 1. The highest BCUT2D eigenvalue weighted by atomic mass is 16.5. The summed E-state index contributed by atoms with van der Waals surface area (Å²) in [6, 6.07) is 15.6. The zero-order valence-corrected chi connectivity index (χ0v) is 14.5. The number of carbonyl (C=O) groups excluding carboxylic acids is 1. The van der Waals surface area contributed by atoms with E-state index in [0.717, 1.165) is 33.4 Å². The number of methoxy groups -OCH3 is 1. The number of aliphatic hydroxyl groups excluding tert-OH is 1. The van der Waals surface area contributed by atoms with Gasteiger partial charge in [0.05, 0.1) is 7.11 Å². The van der Waals surface area contributed by atoms with Gasteiger partial charge in [0.15, 0.2) is 0 Å². The van der Waals surface area contributed by atoms with Gasteiger partial charge in [0.1, 0.15) is 30.8 Å². The molecule has 0 aliphatic rings. The van der Waals surface area contributed by atoms with Crippen molar-refractivity contribution in [3.05, 3.63) is 61.2 Å². The lowest BCUT2D eigenvalue weighted by molar-refractivity contribution is -0.141. The molecule has 5 nitrogen and oxygen atoms in total. The van der Waals surface area contributed by atoms with Crippen molar-refractivity contribution in [1.29, 1.82) is 0 Å². The van der Waals surface area contributed by atoms with Gasteiger partial charge in [-0.15, -0.1) is 0 Å². The molecule has 0 aliphatic carbocycles. The largest absolute Gasteiger partial charge is 0.496 e. The fourth-order valence-electron chi connectivity index (χ4n) is 2.82. The summed E-state index contributed by atoms with van der Waals surface area (Å²) >= 11 is 0. The van der Waals surface area contributed by atoms with Crippen LogP contribution in [-0.4, -0.2) is 37.5 Å². The van der Waals surface area contributed by atoms with E-state index in [2.05, 4.69) is 12.6 Å². The molecule has 0 heterocycles. The predicted octanol–water partition coefficient (Wildman–Crippen LogP) is 3.47. The Labute approximate surface area is 151 Å². The second-order valence-corrected chi connectivity index (χ2v) is 5.78. The van der Waals surface area contributed by atoms with Crippen molar-refractivity contribution in [2.75, 3.05) is 20.3 Å². The Kier molecular flexibility index (Phi) is 5.39. The third kappa shape index (κ3) is 3.63. The molecular formula is C21H20O5. The van der Waals surface area contributed by atoms with Crippen LogP contribution >= 0.6 is 0 Å². The molecule has 3 aromatic carbocycles. The molecule has 0 aliphatic heterocycles. The van der Waals surface area contributed by atoms with E-state index in [-0.39, 0.29) is 13.2 Å². The van der Waals surface area contributed by atoms with Crippen LogP contribution in [0.1, 0.15) is 0 Å². The Bertz CT molecular complexity index is 948. The molecule has 0 aromatic heterocycles. The topological polar surface area (TPSA) is 65.0 Å². The Morgan fingerprint density at radius 3 is 2.65 bits per heavy atom. The summed E-state index contributed by atoms with van der Waals surface area (Å²) < 4.78 is 16.2. The van der Waals surface area contributed by atoms with Gasteiger partial charge in [0.25, 0.3) is 0 Å². The summed E-state index contributed by atoms with van der Waals surface area (Å²) in [6.45, 7) is 3.15. The van der Waals surface area contributed by atoms with Crippen LogP contribution in [0.2, 0.25) is 0 Å². The van der Waals surface area contributed by atoms with Crippen molar-refractivity contribution in [2.24, 2.45) is 0 Å². The quantitative estimate of drug-likeness (QED) is 0.401. The maximum absolute atomic E-state index is 11.1. The standard InChI is InChI=1S/C21H20O5/c1-3-20(23)25-12-15(22)13-26-21-16-8-5-4-7-14(16)11-18-17(21)9-6-10-19(18)24-2/h3-11,15,22H,1,12-13H2,2H3. The molecular weight excluding hydrogens is 332 g/mol. The van der Waals surface area contributed by atoms with Gasteiger partial charge in [-0.05, 0) is 17.5 Å². The Morgan fingerprint density at radius 2 is 1.88 bits per heavy atom. The lowest BCUT2D eigenvalue weighted by Gasteiger charge is -2.17. The molecule has 134 valence electrons. The average molecular weight is 352 g/mol. The maximum Gasteiger partial charge on any atom is 0.330 e. The van der Waals surface area contributed by atoms with Crippen LogP contribution in [-0.2, 0) is 9.53 Å². The van der Waals surface area contributed by atoms with Crippen molar-refractivity contribution in [1.82, 2.24) is 0 Å². The van der Waals surface area contributed by atoms with E-state index in [1.807, 2.05) is 42.5 Å². The van der Waals surface area contributed by atoms with E-state index >= 15 is 0 Å². The molecule has 0 amide bonds. The minimum Gasteiger partial charge on any atom is -0.496 e. The van der Waals surface area contributed by atoms with Crippen LogP contribution in [0, 0.1) is 0 Å². The Morgan fingerprint density at radius 1 is 1.12 bits per heavy atom. The molecule has 5 heteroatoms. The molecule has 26 heavy (non-hydrogen) atoms. The maximum atomic E-state index is 11.1. The van der Waals surface area contributed by atoms with Gasteiger partial charge >= 0.3 is 5.97 Å². The monoisotopic (exact) mass is 352 g/mol. The third-order valence-corrected chi connectivity index (χ3v) is 4.04. The molecule has 1 N–H and O–H groups in total. The van der Waals surface area contributed by atoms with Gasteiger partial charge in [0, 0.05) is 22.2 Å². The summed E-state index contributed by atoms with van der Waals surface area (Å²) in [5.74, 6) is 0.828. The summed E-state index contributed by atoms with van der Waals surface area (Å²) in [5, 5.41) is 13.8. The third-order valence-electron chi connectivity index (χ3n) is 4.04. The Balaban J connectivity index is 1.94. The summed E-state index contributed by atoms with van der Waals surface area (Å²) in [7, 11) is 1.63. The van der Waals surface area contributed by atoms with Crippen LogP contribution in [0.5, 0.6) is 11.5 Å². The van der Waals surface area contributed by atoms with E-state index in [4.69, 9.17) is 14.2 Å². The van der Waals surface area contributed by atoms with Crippen molar-refractivity contribution in [3.8, 4) is 11.5 Å². The van der Waals surface area contributed by atoms with Gasteiger partial charge in [0.2, 0.25) is 0 Å². The van der Waals surface area contributed by atoms with Crippen molar-refractivity contribution in [2.45, 2.75) is 6.10 Å². The van der Waals surface area contributed by atoms with Crippen LogP contribution in [0.25, 0.3) is 21.5 Å². The molecule has 1 atom stereocenters. The zero-order chi connectivity index (χ0) is 18.5. The molecule has 3 aromatic rings. The second kappa shape index (κ2) is 7.89. The summed E-state index contributed by atoms with van der Waals surface area (Å²) in [6.07, 6.45) is 0.108. The van der Waals surface area contributed by atoms with Crippen molar-refractivity contribution >= 4 is 27.5 Å². The molecule has 3 rings (SSSR count). The number of rotatable bonds is 7. The van der Waals surface area contributed by atoms with Crippen LogP contribution in [0.4, 0.5) is 0 Å². The fraction of sp³-hybridized carbons (Fsp3) is 0.190. The van der Waals surface area contributed by atoms with Crippen molar-refractivity contribution < 1.29 is 24.1 Å². The first-order valence-electron chi connectivity index (χ1n) is 8.22. The van der Waals surface area contributed by atoms with E-state index < -0.39 is 12.1 Å². The lowest BCUT2D eigenvalue weighted by atomic mass is 10.0. The molecule has 0 fully saturated rings. The fourth-order valence-corrected chi connectivity index (χ4v) is 2.82. The van der Waals surface area contributed by atoms with Gasteiger partial charge in [-0.3, -0.25) is 0 Å². The predicted molar refractivity (Wildman–Crippen MR) is 101 cm³/mol. The minimum absolute atomic E-state index is 0.00919. The average Bonchev–Trinajstić information content (AvgIpc) is 2.68. The van der Waals surface area contributed by atoms with Gasteiger partial charge in [-0.1, -0.05) is 43.0 Å². The number of fused-ring (bicyclic) bond motifs is 2. The van der Waals surface area contributed by atoms with Gasteiger partial charge in [-0.25, -0.2) is 4.79 Å². The molecule has 0 saturated carbocycles. The first-order valence-corrected chi connectivity index (χ1v) is 8.22. The second-order valence-electron chi connectivity index (χ2n) is 5.78. The van der Waals surface area contributed by atoms with Gasteiger partial charge < -0.3 is 19.3 Å². The molecule has 0 saturated heterocycles. The minimum atomic E-state index is -0.946. The number of aliphatic hydroxyl groups is 1. The highest BCUT2D eigenvalue weighted by molar-refractivity contribution is 6.07. The number of ether oxygens (including phenoxy) is 3. The van der Waals surface area contributed by atoms with E-state index in [1.165, 1.54) is 0 Å². The highest BCUT2D eigenvalue weighted by Gasteiger charge is 2.14. The zero-order valence-electron chi connectivity index (χ0n) is 14.5. The molecule has 0 radical (unpaired) electrons. The lowest BCUT2D eigenvalue weighted by Crippen LogP contribution is -2.24. The number of esters is 1. The van der Waals surface area contributed by atoms with Crippen LogP contribution in [0.3, 0.4) is 0 Å². The van der Waals surface area contributed by atoms with Crippen LogP contribution < -0.4 is 9.47 Å². The Hall–Kier alpha value is -3.05.